The van der Waals surface area contributed by atoms with Crippen molar-refractivity contribution in [1.29, 1.82) is 0 Å². The molecule has 1 heterocycles. The molecule has 6 nitrogen and oxygen atoms in total. The van der Waals surface area contributed by atoms with Crippen molar-refractivity contribution in [2.24, 2.45) is 4.99 Å². The number of hydrogen-bond donors (Lipinski definition) is 2. The maximum Gasteiger partial charge on any atom is 0.130 e. The van der Waals surface area contributed by atoms with Crippen molar-refractivity contribution in [2.75, 3.05) is 12.3 Å². The van der Waals surface area contributed by atoms with Crippen LogP contribution < -0.4 is 15.3 Å². The third-order valence-corrected chi connectivity index (χ3v) is 6.48. The van der Waals surface area contributed by atoms with Crippen molar-refractivity contribution in [1.82, 2.24) is 5.32 Å². The Morgan fingerprint density at radius 3 is 2.86 bits per heavy atom. The van der Waals surface area contributed by atoms with E-state index in [1.165, 1.54) is 25.3 Å². The molecule has 0 radical (unpaired) electrons. The molecule has 2 N–H and O–H groups in total. The van der Waals surface area contributed by atoms with Crippen LogP contribution in [0.25, 0.3) is 0 Å². The Labute approximate surface area is 169 Å². The summed E-state index contributed by atoms with van der Waals surface area (Å²) in [6.07, 6.45) is 4.87. The van der Waals surface area contributed by atoms with Crippen LogP contribution in [0.1, 0.15) is 36.8 Å². The van der Waals surface area contributed by atoms with Crippen molar-refractivity contribution in [3.63, 3.8) is 0 Å². The molecule has 2 atom stereocenters. The van der Waals surface area contributed by atoms with Gasteiger partial charge in [0.15, 0.2) is 0 Å². The Morgan fingerprint density at radius 1 is 1.25 bits per heavy atom. The second kappa shape index (κ2) is 8.43. The summed E-state index contributed by atoms with van der Waals surface area (Å²) in [7, 11) is 1.60. The van der Waals surface area contributed by atoms with E-state index in [0.29, 0.717) is 23.6 Å². The van der Waals surface area contributed by atoms with Gasteiger partial charge >= 0.3 is 0 Å². The summed E-state index contributed by atoms with van der Waals surface area (Å²) in [6, 6.07) is 14.0. The minimum atomic E-state index is -0.125. The molecule has 1 aliphatic carbocycles. The fourth-order valence-electron chi connectivity index (χ4n) is 3.90. The van der Waals surface area contributed by atoms with Gasteiger partial charge in [-0.1, -0.05) is 31.0 Å². The van der Waals surface area contributed by atoms with E-state index in [9.17, 15) is 10.4 Å². The molecule has 1 saturated carbocycles. The fraction of sp³-hybridized carbons (Fsp3) is 0.381. The lowest BCUT2D eigenvalue weighted by atomic mass is 9.92. The smallest absolute Gasteiger partial charge is 0.130 e. The number of ether oxygens (including phenoxy) is 1. The largest absolute Gasteiger partial charge is 0.733 e. The van der Waals surface area contributed by atoms with Crippen molar-refractivity contribution < 1.29 is 9.94 Å². The Morgan fingerprint density at radius 2 is 2.07 bits per heavy atom. The topological polar surface area (TPSA) is 80.2 Å². The summed E-state index contributed by atoms with van der Waals surface area (Å²) in [5.41, 5.74) is 2.16. The zero-order valence-corrected chi connectivity index (χ0v) is 16.6. The van der Waals surface area contributed by atoms with Gasteiger partial charge in [-0.05, 0) is 37.1 Å². The predicted molar refractivity (Wildman–Crippen MR) is 112 cm³/mol. The molecule has 0 saturated heterocycles. The Bertz CT molecular complexity index is 872. The van der Waals surface area contributed by atoms with Crippen LogP contribution in [0.2, 0.25) is 0 Å². The second-order valence-corrected chi connectivity index (χ2v) is 8.15. The molecule has 7 heteroatoms. The quantitative estimate of drug-likeness (QED) is 0.556. The number of thioether (sulfide) groups is 1. The maximum atomic E-state index is 11.2. The lowest BCUT2D eigenvalue weighted by Crippen LogP contribution is -2.37. The summed E-state index contributed by atoms with van der Waals surface area (Å²) in [6.45, 7) is 0. The number of nitrogens with one attached hydrogen (secondary N) is 1. The SMILES string of the molecule is COc1ccc(N([O-])O)cc1CSc1ccccc1C1=NC2CCCCC2N1. The van der Waals surface area contributed by atoms with Gasteiger partial charge in [0.05, 0.1) is 18.8 Å². The van der Waals surface area contributed by atoms with E-state index in [1.807, 2.05) is 12.1 Å². The van der Waals surface area contributed by atoms with E-state index >= 15 is 0 Å². The Kier molecular flexibility index (Phi) is 5.75. The first-order chi connectivity index (χ1) is 13.7. The van der Waals surface area contributed by atoms with Gasteiger partial charge < -0.3 is 20.5 Å². The van der Waals surface area contributed by atoms with Gasteiger partial charge in [-0.3, -0.25) is 10.2 Å². The highest BCUT2D eigenvalue weighted by atomic mass is 32.2. The number of anilines is 1. The third-order valence-electron chi connectivity index (χ3n) is 5.36. The molecule has 28 heavy (non-hydrogen) atoms. The maximum absolute atomic E-state index is 11.2. The monoisotopic (exact) mass is 398 g/mol. The van der Waals surface area contributed by atoms with Gasteiger partial charge in [0.25, 0.3) is 0 Å². The summed E-state index contributed by atoms with van der Waals surface area (Å²) in [5.74, 6) is 2.29. The molecular formula is C21H24N3O3S-. The third kappa shape index (κ3) is 3.97. The number of rotatable bonds is 6. The highest BCUT2D eigenvalue weighted by Crippen LogP contribution is 2.34. The van der Waals surface area contributed by atoms with Crippen LogP contribution in [0.15, 0.2) is 52.4 Å². The van der Waals surface area contributed by atoms with E-state index in [-0.39, 0.29) is 10.9 Å². The molecule has 1 aliphatic heterocycles. The number of aliphatic imine (C=N–C) groups is 1. The van der Waals surface area contributed by atoms with Crippen LogP contribution >= 0.6 is 11.8 Å². The van der Waals surface area contributed by atoms with Crippen molar-refractivity contribution in [3.8, 4) is 5.75 Å². The Balaban J connectivity index is 1.55. The average molecular weight is 399 g/mol. The van der Waals surface area contributed by atoms with Crippen LogP contribution in [-0.2, 0) is 5.75 Å². The normalized spacial score (nSPS) is 20.9. The summed E-state index contributed by atoms with van der Waals surface area (Å²) < 4.78 is 5.41. The summed E-state index contributed by atoms with van der Waals surface area (Å²) >= 11 is 1.67. The molecule has 0 amide bonds. The molecule has 2 aromatic rings. The average Bonchev–Trinajstić information content (AvgIpc) is 3.16. The van der Waals surface area contributed by atoms with Gasteiger partial charge in [-0.2, -0.15) is 0 Å². The van der Waals surface area contributed by atoms with Crippen molar-refractivity contribution in [3.05, 3.63) is 58.8 Å². The molecule has 4 rings (SSSR count). The van der Waals surface area contributed by atoms with E-state index in [0.717, 1.165) is 28.3 Å². The first kappa shape index (κ1) is 19.1. The summed E-state index contributed by atoms with van der Waals surface area (Å²) in [4.78, 5) is 6.08. The van der Waals surface area contributed by atoms with Gasteiger partial charge in [-0.25, -0.2) is 0 Å². The number of hydrogen-bond acceptors (Lipinski definition) is 7. The predicted octanol–water partition coefficient (Wildman–Crippen LogP) is 4.34. The van der Waals surface area contributed by atoms with Gasteiger partial charge in [0.1, 0.15) is 11.6 Å². The number of benzene rings is 2. The number of nitrogens with zero attached hydrogens (tertiary/aromatic N) is 2. The van der Waals surface area contributed by atoms with Crippen molar-refractivity contribution in [2.45, 2.75) is 48.4 Å². The highest BCUT2D eigenvalue weighted by Gasteiger charge is 2.31. The highest BCUT2D eigenvalue weighted by molar-refractivity contribution is 7.98. The Hall–Kier alpha value is -2.22. The minimum absolute atomic E-state index is 0.125. The fourth-order valence-corrected chi connectivity index (χ4v) is 4.93. The molecule has 2 aliphatic rings. The molecule has 1 fully saturated rings. The molecule has 0 bridgehead atoms. The van der Waals surface area contributed by atoms with E-state index in [4.69, 9.17) is 9.73 Å². The molecule has 2 aromatic carbocycles. The number of amidine groups is 1. The van der Waals surface area contributed by atoms with Gasteiger partial charge in [0, 0.05) is 27.8 Å². The zero-order chi connectivity index (χ0) is 19.5. The lowest BCUT2D eigenvalue weighted by molar-refractivity contribution is 0.296. The number of methoxy groups -OCH3 is 1. The lowest BCUT2D eigenvalue weighted by Gasteiger charge is -2.23. The van der Waals surface area contributed by atoms with Crippen LogP contribution in [0.4, 0.5) is 5.69 Å². The molecule has 148 valence electrons. The van der Waals surface area contributed by atoms with Gasteiger partial charge in [-0.15, -0.1) is 11.8 Å². The van der Waals surface area contributed by atoms with Crippen LogP contribution in [0.3, 0.4) is 0 Å². The first-order valence-corrected chi connectivity index (χ1v) is 10.5. The van der Waals surface area contributed by atoms with Crippen LogP contribution in [0, 0.1) is 5.21 Å². The van der Waals surface area contributed by atoms with E-state index in [1.54, 1.807) is 31.0 Å². The molecule has 2 unspecified atom stereocenters. The number of fused-ring (bicyclic) bond motifs is 1. The van der Waals surface area contributed by atoms with Crippen LogP contribution in [0.5, 0.6) is 5.75 Å². The molecular weight excluding hydrogens is 374 g/mol. The first-order valence-electron chi connectivity index (χ1n) is 9.55. The second-order valence-electron chi connectivity index (χ2n) is 7.13. The minimum Gasteiger partial charge on any atom is -0.733 e. The van der Waals surface area contributed by atoms with Gasteiger partial charge in [0.2, 0.25) is 0 Å². The zero-order valence-electron chi connectivity index (χ0n) is 15.8. The van der Waals surface area contributed by atoms with E-state index < -0.39 is 0 Å². The summed E-state index contributed by atoms with van der Waals surface area (Å²) in [5, 5.41) is 23.9. The molecule has 0 spiro atoms. The standard InChI is InChI=1S/C21H24N3O3S/c1-27-19-11-10-15(24(25)26)12-14(19)13-28-20-9-5-2-6-16(20)21-22-17-7-3-4-8-18(17)23-21/h2,5-6,9-12,17-18,25H,3-4,7-8,13H2,1H3,(H,22,23)/q-1. The molecule has 0 aromatic heterocycles. The van der Waals surface area contributed by atoms with Crippen LogP contribution in [-0.4, -0.2) is 30.2 Å². The van der Waals surface area contributed by atoms with Crippen molar-refractivity contribution >= 4 is 23.3 Å². The van der Waals surface area contributed by atoms with E-state index in [2.05, 4.69) is 17.4 Å².